The molecule has 14 heavy (non-hydrogen) atoms. The fraction of sp³-hybridized carbons (Fsp3) is 0.444. The van der Waals surface area contributed by atoms with Gasteiger partial charge in [0, 0.05) is 30.6 Å². The Bertz CT molecular complexity index is 392. The van der Waals surface area contributed by atoms with Crippen LogP contribution in [-0.4, -0.2) is 10.7 Å². The lowest BCUT2D eigenvalue weighted by Gasteiger charge is -2.11. The summed E-state index contributed by atoms with van der Waals surface area (Å²) in [4.78, 5) is 11.1. The van der Waals surface area contributed by atoms with Crippen LogP contribution in [0.4, 0.5) is 13.2 Å². The van der Waals surface area contributed by atoms with Crippen LogP contribution < -0.4 is 5.43 Å². The van der Waals surface area contributed by atoms with Crippen molar-refractivity contribution in [2.45, 2.75) is 19.5 Å². The van der Waals surface area contributed by atoms with Gasteiger partial charge in [-0.1, -0.05) is 0 Å². The molecule has 2 nitrogen and oxygen atoms in total. The number of nitrogens with zero attached hydrogens (tertiary/aromatic N) is 1. The Labute approximate surface area is 79.0 Å². The molecule has 1 heterocycles. The molecule has 0 aromatic carbocycles. The Hall–Kier alpha value is -1.26. The van der Waals surface area contributed by atoms with Gasteiger partial charge in [-0.25, -0.2) is 0 Å². The minimum absolute atomic E-state index is 0.0203. The molecule has 0 fully saturated rings. The number of hydrogen-bond acceptors (Lipinski definition) is 1. The third-order valence-electron chi connectivity index (χ3n) is 1.91. The molecule has 0 saturated carbocycles. The van der Waals surface area contributed by atoms with E-state index < -0.39 is 12.6 Å². The van der Waals surface area contributed by atoms with Crippen molar-refractivity contribution in [2.75, 3.05) is 0 Å². The van der Waals surface area contributed by atoms with Crippen LogP contribution in [0.15, 0.2) is 17.1 Å². The summed E-state index contributed by atoms with van der Waals surface area (Å²) >= 11 is 0. The molecule has 1 rings (SSSR count). The SMILES string of the molecule is Cc1cn(C)c(CC(F)(F)F)cc1=O. The van der Waals surface area contributed by atoms with Gasteiger partial charge in [0.1, 0.15) is 0 Å². The molecule has 0 saturated heterocycles. The minimum atomic E-state index is -4.28. The molecule has 0 amide bonds. The van der Waals surface area contributed by atoms with Crippen molar-refractivity contribution >= 4 is 0 Å². The van der Waals surface area contributed by atoms with Crippen molar-refractivity contribution in [1.82, 2.24) is 4.57 Å². The number of aryl methyl sites for hydroxylation is 2. The number of pyridine rings is 1. The summed E-state index contributed by atoms with van der Waals surface area (Å²) in [6.07, 6.45) is -3.94. The number of hydrogen-bond donors (Lipinski definition) is 0. The van der Waals surface area contributed by atoms with Gasteiger partial charge in [0.05, 0.1) is 6.42 Å². The first-order valence-corrected chi connectivity index (χ1v) is 4.02. The van der Waals surface area contributed by atoms with Crippen molar-refractivity contribution < 1.29 is 13.2 Å². The zero-order chi connectivity index (χ0) is 10.9. The quantitative estimate of drug-likeness (QED) is 0.685. The first kappa shape index (κ1) is 10.8. The highest BCUT2D eigenvalue weighted by Crippen LogP contribution is 2.20. The highest BCUT2D eigenvalue weighted by Gasteiger charge is 2.28. The minimum Gasteiger partial charge on any atom is -0.354 e. The number of rotatable bonds is 1. The monoisotopic (exact) mass is 205 g/mol. The van der Waals surface area contributed by atoms with E-state index in [1.807, 2.05) is 0 Å². The van der Waals surface area contributed by atoms with Crippen LogP contribution in [-0.2, 0) is 13.5 Å². The van der Waals surface area contributed by atoms with Crippen LogP contribution in [0.1, 0.15) is 11.3 Å². The van der Waals surface area contributed by atoms with Crippen LogP contribution in [0, 0.1) is 6.92 Å². The van der Waals surface area contributed by atoms with E-state index in [-0.39, 0.29) is 11.1 Å². The van der Waals surface area contributed by atoms with Gasteiger partial charge in [0.15, 0.2) is 5.43 Å². The second-order valence-corrected chi connectivity index (χ2v) is 3.21. The van der Waals surface area contributed by atoms with E-state index in [4.69, 9.17) is 0 Å². The van der Waals surface area contributed by atoms with Crippen LogP contribution in [0.3, 0.4) is 0 Å². The van der Waals surface area contributed by atoms with Crippen LogP contribution in [0.2, 0.25) is 0 Å². The Morgan fingerprint density at radius 1 is 1.43 bits per heavy atom. The molecule has 0 unspecified atom stereocenters. The predicted octanol–water partition coefficient (Wildman–Crippen LogP) is 1.80. The van der Waals surface area contributed by atoms with E-state index >= 15 is 0 Å². The van der Waals surface area contributed by atoms with Gasteiger partial charge in [-0.15, -0.1) is 0 Å². The molecule has 0 atom stereocenters. The maximum atomic E-state index is 12.0. The smallest absolute Gasteiger partial charge is 0.354 e. The van der Waals surface area contributed by atoms with Gasteiger partial charge in [-0.3, -0.25) is 4.79 Å². The summed E-state index contributed by atoms with van der Waals surface area (Å²) in [6.45, 7) is 1.57. The molecule has 0 N–H and O–H groups in total. The molecular formula is C9H10F3NO. The lowest BCUT2D eigenvalue weighted by atomic mass is 10.2. The van der Waals surface area contributed by atoms with Gasteiger partial charge in [0.25, 0.3) is 0 Å². The summed E-state index contributed by atoms with van der Waals surface area (Å²) in [6, 6.07) is 1.03. The molecule has 1 aromatic heterocycles. The van der Waals surface area contributed by atoms with E-state index in [0.29, 0.717) is 5.56 Å². The second-order valence-electron chi connectivity index (χ2n) is 3.21. The van der Waals surface area contributed by atoms with E-state index in [1.54, 1.807) is 6.92 Å². The molecule has 1 aromatic rings. The zero-order valence-corrected chi connectivity index (χ0v) is 7.85. The molecule has 0 aliphatic heterocycles. The third kappa shape index (κ3) is 2.61. The maximum absolute atomic E-state index is 12.0. The van der Waals surface area contributed by atoms with E-state index in [2.05, 4.69) is 0 Å². The largest absolute Gasteiger partial charge is 0.394 e. The Morgan fingerprint density at radius 3 is 2.50 bits per heavy atom. The van der Waals surface area contributed by atoms with Gasteiger partial charge >= 0.3 is 6.18 Å². The first-order valence-electron chi connectivity index (χ1n) is 4.02. The summed E-state index contributed by atoms with van der Waals surface area (Å²) in [5, 5.41) is 0. The van der Waals surface area contributed by atoms with Crippen molar-refractivity contribution in [3.8, 4) is 0 Å². The van der Waals surface area contributed by atoms with Gasteiger partial charge in [0.2, 0.25) is 0 Å². The number of alkyl halides is 3. The molecule has 0 aliphatic carbocycles. The number of halogens is 3. The zero-order valence-electron chi connectivity index (χ0n) is 7.85. The van der Waals surface area contributed by atoms with Gasteiger partial charge in [-0.2, -0.15) is 13.2 Å². The lowest BCUT2D eigenvalue weighted by Crippen LogP contribution is -2.19. The maximum Gasteiger partial charge on any atom is 0.394 e. The molecule has 0 bridgehead atoms. The molecule has 78 valence electrons. The van der Waals surface area contributed by atoms with Crippen LogP contribution in [0.5, 0.6) is 0 Å². The highest BCUT2D eigenvalue weighted by molar-refractivity contribution is 5.15. The summed E-state index contributed by atoms with van der Waals surface area (Å²) in [7, 11) is 1.49. The van der Waals surface area contributed by atoms with Gasteiger partial charge in [-0.05, 0) is 6.92 Å². The van der Waals surface area contributed by atoms with Crippen molar-refractivity contribution in [1.29, 1.82) is 0 Å². The standard InChI is InChI=1S/C9H10F3NO/c1-6-5-13(2)7(3-8(6)14)4-9(10,11)12/h3,5H,4H2,1-2H3. The topological polar surface area (TPSA) is 22.0 Å². The predicted molar refractivity (Wildman–Crippen MR) is 46.2 cm³/mol. The second kappa shape index (κ2) is 3.48. The fourth-order valence-corrected chi connectivity index (χ4v) is 1.19. The van der Waals surface area contributed by atoms with Crippen LogP contribution >= 0.6 is 0 Å². The average molecular weight is 205 g/mol. The van der Waals surface area contributed by atoms with E-state index in [0.717, 1.165) is 6.07 Å². The molecule has 0 spiro atoms. The Balaban J connectivity index is 3.11. The first-order chi connectivity index (χ1) is 6.29. The van der Waals surface area contributed by atoms with E-state index in [9.17, 15) is 18.0 Å². The highest BCUT2D eigenvalue weighted by atomic mass is 19.4. The molecular weight excluding hydrogens is 195 g/mol. The Morgan fingerprint density at radius 2 is 2.00 bits per heavy atom. The number of aromatic nitrogens is 1. The summed E-state index contributed by atoms with van der Waals surface area (Å²) in [5.74, 6) is 0. The summed E-state index contributed by atoms with van der Waals surface area (Å²) < 4.78 is 37.4. The van der Waals surface area contributed by atoms with E-state index in [1.165, 1.54) is 17.8 Å². The average Bonchev–Trinajstić information content (AvgIpc) is 1.97. The Kier molecular flexibility index (Phi) is 2.69. The lowest BCUT2D eigenvalue weighted by molar-refractivity contribution is -0.128. The van der Waals surface area contributed by atoms with Crippen molar-refractivity contribution in [3.05, 3.63) is 33.7 Å². The van der Waals surface area contributed by atoms with Crippen molar-refractivity contribution in [3.63, 3.8) is 0 Å². The summed E-state index contributed by atoms with van der Waals surface area (Å²) in [5.41, 5.74) is 0.0638. The third-order valence-corrected chi connectivity index (χ3v) is 1.91. The normalized spacial score (nSPS) is 11.8. The fourth-order valence-electron chi connectivity index (χ4n) is 1.19. The van der Waals surface area contributed by atoms with Crippen molar-refractivity contribution in [2.24, 2.45) is 7.05 Å². The molecule has 5 heteroatoms. The molecule has 0 aliphatic rings. The van der Waals surface area contributed by atoms with Crippen LogP contribution in [0.25, 0.3) is 0 Å². The molecule has 0 radical (unpaired) electrons. The van der Waals surface area contributed by atoms with Gasteiger partial charge < -0.3 is 4.57 Å².